The molecule has 0 bridgehead atoms. The monoisotopic (exact) mass is 496 g/mol. The highest BCUT2D eigenvalue weighted by molar-refractivity contribution is 6.08. The van der Waals surface area contributed by atoms with Crippen LogP contribution in [0.5, 0.6) is 0 Å². The van der Waals surface area contributed by atoms with E-state index in [1.165, 1.54) is 29.6 Å². The van der Waals surface area contributed by atoms with Gasteiger partial charge in [0.15, 0.2) is 5.82 Å². The zero-order chi connectivity index (χ0) is 24.9. The molecule has 1 N–H and O–H groups in total. The maximum absolute atomic E-state index is 14.7. The number of alkyl halides is 2. The second kappa shape index (κ2) is 8.44. The fraction of sp³-hybridized carbons (Fsp3) is 0.360. The van der Waals surface area contributed by atoms with Gasteiger partial charge in [-0.3, -0.25) is 4.79 Å². The summed E-state index contributed by atoms with van der Waals surface area (Å²) in [4.78, 5) is 29.7. The fourth-order valence-corrected chi connectivity index (χ4v) is 4.89. The number of nitrogens with one attached hydrogen (secondary N) is 1. The number of nitrogens with zero attached hydrogens (tertiary/aromatic N) is 5. The summed E-state index contributed by atoms with van der Waals surface area (Å²) < 4.78 is 48.0. The van der Waals surface area contributed by atoms with Gasteiger partial charge in [-0.2, -0.15) is 0 Å². The zero-order valence-corrected chi connectivity index (χ0v) is 19.3. The van der Waals surface area contributed by atoms with Crippen LogP contribution in [-0.4, -0.2) is 65.2 Å². The van der Waals surface area contributed by atoms with Crippen LogP contribution >= 0.6 is 0 Å². The SMILES string of the molecule is O=C(Nc1c(-c2ccccc2F)ccnc1N1CCC(F)(F)C1)c1cnc(N2CCC23COC3)nc1. The average Bonchev–Trinajstić information content (AvgIpc) is 3.18. The number of hydrogen-bond acceptors (Lipinski definition) is 7. The molecule has 3 aliphatic heterocycles. The molecule has 5 heterocycles. The number of aromatic nitrogens is 3. The molecular weight excluding hydrogens is 473 g/mol. The number of anilines is 3. The number of rotatable bonds is 5. The first-order valence-corrected chi connectivity index (χ1v) is 11.7. The molecule has 0 atom stereocenters. The number of hydrogen-bond donors (Lipinski definition) is 1. The summed E-state index contributed by atoms with van der Waals surface area (Å²) in [6.07, 6.45) is 4.95. The molecule has 36 heavy (non-hydrogen) atoms. The molecule has 0 unspecified atom stereocenters. The van der Waals surface area contributed by atoms with Crippen LogP contribution in [0.3, 0.4) is 0 Å². The normalized spacial score (nSPS) is 19.6. The van der Waals surface area contributed by atoms with E-state index in [0.29, 0.717) is 24.7 Å². The Balaban J connectivity index is 1.32. The predicted molar refractivity (Wildman–Crippen MR) is 127 cm³/mol. The van der Waals surface area contributed by atoms with Crippen molar-refractivity contribution in [2.75, 3.05) is 48.0 Å². The Morgan fingerprint density at radius 1 is 1.00 bits per heavy atom. The largest absolute Gasteiger partial charge is 0.376 e. The Labute approximate surface area is 205 Å². The molecule has 8 nitrogen and oxygen atoms in total. The molecule has 1 amide bonds. The lowest BCUT2D eigenvalue weighted by Gasteiger charge is -2.57. The number of carbonyl (C=O) groups excluding carboxylic acids is 1. The predicted octanol–water partition coefficient (Wildman–Crippen LogP) is 3.75. The smallest absolute Gasteiger partial charge is 0.266 e. The van der Waals surface area contributed by atoms with E-state index in [9.17, 15) is 18.0 Å². The summed E-state index contributed by atoms with van der Waals surface area (Å²) in [5.74, 6) is -3.25. The minimum Gasteiger partial charge on any atom is -0.376 e. The van der Waals surface area contributed by atoms with Crippen LogP contribution in [0.25, 0.3) is 11.1 Å². The lowest BCUT2D eigenvalue weighted by molar-refractivity contribution is -0.0856. The molecule has 3 aromatic rings. The zero-order valence-electron chi connectivity index (χ0n) is 19.3. The van der Waals surface area contributed by atoms with Gasteiger partial charge in [-0.25, -0.2) is 28.1 Å². The molecule has 186 valence electrons. The Kier molecular flexibility index (Phi) is 5.32. The van der Waals surface area contributed by atoms with Crippen molar-refractivity contribution in [3.63, 3.8) is 0 Å². The number of amides is 1. The summed E-state index contributed by atoms with van der Waals surface area (Å²) in [5, 5.41) is 2.77. The maximum Gasteiger partial charge on any atom is 0.266 e. The van der Waals surface area contributed by atoms with Gasteiger partial charge in [0.05, 0.1) is 36.5 Å². The molecule has 6 rings (SSSR count). The third kappa shape index (κ3) is 3.83. The van der Waals surface area contributed by atoms with Gasteiger partial charge in [-0.15, -0.1) is 0 Å². The van der Waals surface area contributed by atoms with E-state index in [2.05, 4.69) is 25.2 Å². The Bertz CT molecular complexity index is 1310. The first-order chi connectivity index (χ1) is 17.4. The molecule has 3 aliphatic rings. The molecule has 1 aromatic carbocycles. The molecule has 1 spiro atoms. The minimum absolute atomic E-state index is 0.0408. The van der Waals surface area contributed by atoms with Crippen molar-refractivity contribution in [2.24, 2.45) is 0 Å². The van der Waals surface area contributed by atoms with Crippen LogP contribution in [0, 0.1) is 5.82 Å². The van der Waals surface area contributed by atoms with E-state index in [0.717, 1.165) is 13.0 Å². The van der Waals surface area contributed by atoms with Crippen LogP contribution in [0.15, 0.2) is 48.9 Å². The van der Waals surface area contributed by atoms with E-state index in [1.807, 2.05) is 0 Å². The number of halogens is 3. The summed E-state index contributed by atoms with van der Waals surface area (Å²) in [5.41, 5.74) is 0.856. The number of ether oxygens (including phenoxy) is 1. The van der Waals surface area contributed by atoms with Crippen molar-refractivity contribution in [1.29, 1.82) is 0 Å². The van der Waals surface area contributed by atoms with Gasteiger partial charge in [0.1, 0.15) is 5.82 Å². The summed E-state index contributed by atoms with van der Waals surface area (Å²) in [6, 6.07) is 7.63. The van der Waals surface area contributed by atoms with Crippen LogP contribution in [0.4, 0.5) is 30.6 Å². The van der Waals surface area contributed by atoms with Gasteiger partial charge < -0.3 is 19.9 Å². The van der Waals surface area contributed by atoms with Crippen molar-refractivity contribution < 1.29 is 22.7 Å². The molecule has 0 aliphatic carbocycles. The summed E-state index contributed by atoms with van der Waals surface area (Å²) >= 11 is 0. The van der Waals surface area contributed by atoms with Crippen molar-refractivity contribution in [3.8, 4) is 11.1 Å². The third-order valence-electron chi connectivity index (χ3n) is 7.06. The minimum atomic E-state index is -2.87. The highest BCUT2D eigenvalue weighted by atomic mass is 19.3. The number of benzene rings is 1. The number of carbonyl (C=O) groups is 1. The number of pyridine rings is 1. The highest BCUT2D eigenvalue weighted by Crippen LogP contribution is 2.41. The lowest BCUT2D eigenvalue weighted by atomic mass is 9.83. The molecule has 11 heteroatoms. The Morgan fingerprint density at radius 2 is 1.78 bits per heavy atom. The Hall–Kier alpha value is -3.73. The molecule has 3 fully saturated rings. The third-order valence-corrected chi connectivity index (χ3v) is 7.06. The van der Waals surface area contributed by atoms with Crippen LogP contribution in [0.1, 0.15) is 23.2 Å². The average molecular weight is 496 g/mol. The van der Waals surface area contributed by atoms with E-state index < -0.39 is 24.2 Å². The molecule has 0 saturated carbocycles. The summed E-state index contributed by atoms with van der Waals surface area (Å²) in [6.45, 7) is 1.61. The first kappa shape index (κ1) is 22.7. The second-order valence-corrected chi connectivity index (χ2v) is 9.41. The summed E-state index contributed by atoms with van der Waals surface area (Å²) in [7, 11) is 0. The molecule has 2 aromatic heterocycles. The van der Waals surface area contributed by atoms with Crippen molar-refractivity contribution in [3.05, 3.63) is 60.3 Å². The van der Waals surface area contributed by atoms with E-state index in [-0.39, 0.29) is 41.1 Å². The first-order valence-electron chi connectivity index (χ1n) is 11.7. The van der Waals surface area contributed by atoms with Crippen LogP contribution < -0.4 is 15.1 Å². The van der Waals surface area contributed by atoms with E-state index >= 15 is 0 Å². The topological polar surface area (TPSA) is 83.5 Å². The molecule has 3 saturated heterocycles. The maximum atomic E-state index is 14.7. The standard InChI is InChI=1S/C25H23F3N6O2/c26-19-4-2-1-3-17(19)18-5-8-29-21(33-9-7-25(27,28)13-33)20(18)32-22(35)16-11-30-23(31-12-16)34-10-6-24(34)14-36-15-24/h1-5,8,11-12H,6-7,9-10,13-15H2,(H,32,35). The Morgan fingerprint density at radius 3 is 2.39 bits per heavy atom. The van der Waals surface area contributed by atoms with Gasteiger partial charge in [-0.1, -0.05) is 18.2 Å². The van der Waals surface area contributed by atoms with Crippen LogP contribution in [0.2, 0.25) is 0 Å². The molecular formula is C25H23F3N6O2. The van der Waals surface area contributed by atoms with Gasteiger partial charge in [0, 0.05) is 49.2 Å². The second-order valence-electron chi connectivity index (χ2n) is 9.41. The molecule has 0 radical (unpaired) electrons. The van der Waals surface area contributed by atoms with Gasteiger partial charge >= 0.3 is 0 Å². The highest BCUT2D eigenvalue weighted by Gasteiger charge is 2.52. The lowest BCUT2D eigenvalue weighted by Crippen LogP contribution is -2.71. The van der Waals surface area contributed by atoms with Gasteiger partial charge in [0.25, 0.3) is 11.8 Å². The fourth-order valence-electron chi connectivity index (χ4n) is 4.89. The van der Waals surface area contributed by atoms with E-state index in [1.54, 1.807) is 24.3 Å². The quantitative estimate of drug-likeness (QED) is 0.576. The van der Waals surface area contributed by atoms with Gasteiger partial charge in [-0.05, 0) is 18.6 Å². The van der Waals surface area contributed by atoms with Crippen LogP contribution in [-0.2, 0) is 4.74 Å². The van der Waals surface area contributed by atoms with Crippen molar-refractivity contribution >= 4 is 23.4 Å². The van der Waals surface area contributed by atoms with E-state index in [4.69, 9.17) is 4.74 Å². The van der Waals surface area contributed by atoms with Crippen molar-refractivity contribution in [1.82, 2.24) is 15.0 Å². The van der Waals surface area contributed by atoms with Gasteiger partial charge in [0.2, 0.25) is 5.95 Å². The van der Waals surface area contributed by atoms with Crippen molar-refractivity contribution in [2.45, 2.75) is 24.3 Å².